The van der Waals surface area contributed by atoms with Crippen molar-refractivity contribution in [2.24, 2.45) is 0 Å². The largest absolute Gasteiger partial charge is 0.368 e. The zero-order valence-corrected chi connectivity index (χ0v) is 13.0. The van der Waals surface area contributed by atoms with Crippen LogP contribution in [0.1, 0.15) is 17.2 Å². The maximum atomic E-state index is 5.97. The van der Waals surface area contributed by atoms with Crippen LogP contribution in [0, 0.1) is 0 Å². The number of alkyl halides is 1. The molecule has 0 aliphatic rings. The van der Waals surface area contributed by atoms with Gasteiger partial charge >= 0.3 is 0 Å². The molecule has 18 heavy (non-hydrogen) atoms. The Labute approximate surface area is 124 Å². The Hall–Kier alpha value is -0.640. The normalized spacial score (nSPS) is 12.3. The molecule has 2 aromatic rings. The van der Waals surface area contributed by atoms with E-state index in [1.54, 1.807) is 0 Å². The van der Waals surface area contributed by atoms with Crippen molar-refractivity contribution in [1.29, 1.82) is 0 Å². The van der Waals surface area contributed by atoms with E-state index in [0.29, 0.717) is 6.61 Å². The molecule has 0 N–H and O–H groups in total. The first-order valence-electron chi connectivity index (χ1n) is 5.77. The van der Waals surface area contributed by atoms with Crippen LogP contribution in [-0.4, -0.2) is 5.33 Å². The minimum Gasteiger partial charge on any atom is -0.368 e. The lowest BCUT2D eigenvalue weighted by molar-refractivity contribution is 0.0561. The van der Waals surface area contributed by atoms with Gasteiger partial charge in [0.1, 0.15) is 0 Å². The Morgan fingerprint density at radius 3 is 2.28 bits per heavy atom. The Morgan fingerprint density at radius 1 is 0.944 bits per heavy atom. The van der Waals surface area contributed by atoms with Gasteiger partial charge in [-0.25, -0.2) is 0 Å². The van der Waals surface area contributed by atoms with Crippen molar-refractivity contribution < 1.29 is 4.74 Å². The van der Waals surface area contributed by atoms with E-state index in [-0.39, 0.29) is 6.10 Å². The van der Waals surface area contributed by atoms with Gasteiger partial charge in [0.25, 0.3) is 0 Å². The van der Waals surface area contributed by atoms with Gasteiger partial charge in [-0.2, -0.15) is 0 Å². The van der Waals surface area contributed by atoms with Crippen molar-refractivity contribution in [2.75, 3.05) is 5.33 Å². The molecule has 2 aromatic carbocycles. The predicted octanol–water partition coefficient (Wildman–Crippen LogP) is 5.10. The van der Waals surface area contributed by atoms with E-state index in [9.17, 15) is 0 Å². The van der Waals surface area contributed by atoms with Gasteiger partial charge in [0.05, 0.1) is 12.7 Å². The van der Waals surface area contributed by atoms with Crippen LogP contribution in [-0.2, 0) is 11.3 Å². The highest BCUT2D eigenvalue weighted by atomic mass is 79.9. The summed E-state index contributed by atoms with van der Waals surface area (Å²) in [5.74, 6) is 0. The monoisotopic (exact) mass is 368 g/mol. The first kappa shape index (κ1) is 13.8. The molecule has 0 fully saturated rings. The van der Waals surface area contributed by atoms with Crippen LogP contribution in [0.3, 0.4) is 0 Å². The number of benzene rings is 2. The van der Waals surface area contributed by atoms with Crippen molar-refractivity contribution in [3.8, 4) is 0 Å². The van der Waals surface area contributed by atoms with E-state index in [0.717, 1.165) is 9.80 Å². The van der Waals surface area contributed by atoms with E-state index < -0.39 is 0 Å². The van der Waals surface area contributed by atoms with Crippen molar-refractivity contribution in [3.63, 3.8) is 0 Å². The molecule has 0 aromatic heterocycles. The Balaban J connectivity index is 2.04. The molecule has 1 nitrogen and oxygen atoms in total. The highest BCUT2D eigenvalue weighted by Crippen LogP contribution is 2.28. The average molecular weight is 370 g/mol. The average Bonchev–Trinajstić information content (AvgIpc) is 2.42. The van der Waals surface area contributed by atoms with Gasteiger partial charge < -0.3 is 4.74 Å². The van der Waals surface area contributed by atoms with E-state index in [1.165, 1.54) is 11.1 Å². The Bertz CT molecular complexity index is 485. The second-order valence-electron chi connectivity index (χ2n) is 3.96. The zero-order valence-electron chi connectivity index (χ0n) is 9.85. The molecule has 0 radical (unpaired) electrons. The van der Waals surface area contributed by atoms with Gasteiger partial charge in [-0.15, -0.1) is 0 Å². The molecule has 1 atom stereocenters. The maximum Gasteiger partial charge on any atom is 0.0937 e. The lowest BCUT2D eigenvalue weighted by Gasteiger charge is -2.17. The molecular formula is C15H14Br2O. The molecule has 0 heterocycles. The maximum absolute atomic E-state index is 5.97. The van der Waals surface area contributed by atoms with Crippen LogP contribution in [0.15, 0.2) is 59.1 Å². The summed E-state index contributed by atoms with van der Waals surface area (Å²) in [4.78, 5) is 0. The number of halogens is 2. The van der Waals surface area contributed by atoms with E-state index in [4.69, 9.17) is 4.74 Å². The van der Waals surface area contributed by atoms with Gasteiger partial charge in [0.15, 0.2) is 0 Å². The van der Waals surface area contributed by atoms with Crippen molar-refractivity contribution in [3.05, 3.63) is 70.2 Å². The first-order valence-corrected chi connectivity index (χ1v) is 7.68. The molecule has 0 saturated heterocycles. The lowest BCUT2D eigenvalue weighted by Crippen LogP contribution is -2.06. The van der Waals surface area contributed by atoms with E-state index in [2.05, 4.69) is 50.1 Å². The molecule has 0 bridgehead atoms. The lowest BCUT2D eigenvalue weighted by atomic mass is 10.1. The minimum atomic E-state index is 0.0563. The van der Waals surface area contributed by atoms with Gasteiger partial charge in [-0.05, 0) is 17.2 Å². The SMILES string of the molecule is BrCC(OCc1ccccc1)c1ccccc1Br. The van der Waals surface area contributed by atoms with Crippen LogP contribution in [0.5, 0.6) is 0 Å². The van der Waals surface area contributed by atoms with Crippen LogP contribution >= 0.6 is 31.9 Å². The summed E-state index contributed by atoms with van der Waals surface area (Å²) in [7, 11) is 0. The molecule has 1 unspecified atom stereocenters. The molecular weight excluding hydrogens is 356 g/mol. The number of rotatable bonds is 5. The fraction of sp³-hybridized carbons (Fsp3) is 0.200. The Kier molecular flexibility index (Phi) is 5.42. The molecule has 94 valence electrons. The molecule has 3 heteroatoms. The molecule has 0 aliphatic heterocycles. The summed E-state index contributed by atoms with van der Waals surface area (Å²) in [5, 5.41) is 0.780. The minimum absolute atomic E-state index is 0.0563. The van der Waals surface area contributed by atoms with E-state index >= 15 is 0 Å². The third-order valence-electron chi connectivity index (χ3n) is 2.69. The molecule has 0 aliphatic carbocycles. The molecule has 0 spiro atoms. The predicted molar refractivity (Wildman–Crippen MR) is 81.9 cm³/mol. The van der Waals surface area contributed by atoms with Crippen LogP contribution < -0.4 is 0 Å². The van der Waals surface area contributed by atoms with Crippen LogP contribution in [0.25, 0.3) is 0 Å². The highest BCUT2D eigenvalue weighted by molar-refractivity contribution is 9.10. The molecule has 0 amide bonds. The fourth-order valence-electron chi connectivity index (χ4n) is 1.72. The van der Waals surface area contributed by atoms with Crippen molar-refractivity contribution in [2.45, 2.75) is 12.7 Å². The van der Waals surface area contributed by atoms with Gasteiger partial charge in [0.2, 0.25) is 0 Å². The highest BCUT2D eigenvalue weighted by Gasteiger charge is 2.13. The van der Waals surface area contributed by atoms with Gasteiger partial charge in [0, 0.05) is 9.80 Å². The Morgan fingerprint density at radius 2 is 1.61 bits per heavy atom. The summed E-state index contributed by atoms with van der Waals surface area (Å²) in [6, 6.07) is 18.4. The second kappa shape index (κ2) is 7.07. The zero-order chi connectivity index (χ0) is 12.8. The van der Waals surface area contributed by atoms with Crippen LogP contribution in [0.2, 0.25) is 0 Å². The summed E-state index contributed by atoms with van der Waals surface area (Å²) >= 11 is 7.08. The number of hydrogen-bond acceptors (Lipinski definition) is 1. The van der Waals surface area contributed by atoms with Gasteiger partial charge in [-0.3, -0.25) is 0 Å². The first-order chi connectivity index (χ1) is 8.81. The topological polar surface area (TPSA) is 9.23 Å². The van der Waals surface area contributed by atoms with Crippen LogP contribution in [0.4, 0.5) is 0 Å². The fourth-order valence-corrected chi connectivity index (χ4v) is 2.80. The third-order valence-corrected chi connectivity index (χ3v) is 4.00. The molecule has 2 rings (SSSR count). The quantitative estimate of drug-likeness (QED) is 0.666. The van der Waals surface area contributed by atoms with E-state index in [1.807, 2.05) is 36.4 Å². The standard InChI is InChI=1S/C15H14Br2O/c16-10-15(13-8-4-5-9-14(13)17)18-11-12-6-2-1-3-7-12/h1-9,15H,10-11H2. The third kappa shape index (κ3) is 3.67. The number of ether oxygens (including phenoxy) is 1. The summed E-state index contributed by atoms with van der Waals surface area (Å²) in [6.07, 6.45) is 0.0563. The smallest absolute Gasteiger partial charge is 0.0937 e. The number of hydrogen-bond donors (Lipinski definition) is 0. The second-order valence-corrected chi connectivity index (χ2v) is 5.46. The summed E-state index contributed by atoms with van der Waals surface area (Å²) < 4.78 is 7.05. The van der Waals surface area contributed by atoms with Crippen molar-refractivity contribution >= 4 is 31.9 Å². The summed E-state index contributed by atoms with van der Waals surface area (Å²) in [5.41, 5.74) is 2.36. The summed E-state index contributed by atoms with van der Waals surface area (Å²) in [6.45, 7) is 0.623. The van der Waals surface area contributed by atoms with Crippen molar-refractivity contribution in [1.82, 2.24) is 0 Å². The van der Waals surface area contributed by atoms with Gasteiger partial charge in [-0.1, -0.05) is 80.4 Å². The molecule has 0 saturated carbocycles.